The van der Waals surface area contributed by atoms with Gasteiger partial charge in [-0.1, -0.05) is 24.3 Å². The van der Waals surface area contributed by atoms with Crippen molar-refractivity contribution in [1.82, 2.24) is 4.98 Å². The average Bonchev–Trinajstić information content (AvgIpc) is 3.29. The maximum absolute atomic E-state index is 12.8. The number of rotatable bonds is 4. The Morgan fingerprint density at radius 1 is 1.07 bits per heavy atom. The lowest BCUT2D eigenvalue weighted by molar-refractivity contribution is -0.115. The fourth-order valence-electron chi connectivity index (χ4n) is 4.15. The molecule has 0 spiro atoms. The van der Waals surface area contributed by atoms with E-state index in [9.17, 15) is 4.79 Å². The molecule has 3 aromatic carbocycles. The third-order valence-electron chi connectivity index (χ3n) is 5.48. The van der Waals surface area contributed by atoms with Crippen LogP contribution in [0.25, 0.3) is 21.7 Å². The normalized spacial score (nSPS) is 12.6. The van der Waals surface area contributed by atoms with Crippen molar-refractivity contribution >= 4 is 33.3 Å². The molecular formula is C23H20N2O2. The molecule has 0 radical (unpaired) electrons. The molecule has 4 nitrogen and oxygen atoms in total. The Bertz CT molecular complexity index is 1180. The van der Waals surface area contributed by atoms with Gasteiger partial charge in [-0.3, -0.25) is 4.79 Å². The number of amides is 1. The second-order valence-electron chi connectivity index (χ2n) is 7.06. The van der Waals surface area contributed by atoms with Gasteiger partial charge in [0, 0.05) is 28.2 Å². The van der Waals surface area contributed by atoms with Crippen LogP contribution in [0.1, 0.15) is 16.7 Å². The van der Waals surface area contributed by atoms with Gasteiger partial charge in [-0.15, -0.1) is 0 Å². The van der Waals surface area contributed by atoms with Crippen LogP contribution in [0.2, 0.25) is 0 Å². The summed E-state index contributed by atoms with van der Waals surface area (Å²) in [4.78, 5) is 16.0. The summed E-state index contributed by atoms with van der Waals surface area (Å²) in [5.41, 5.74) is 5.61. The average molecular weight is 356 g/mol. The summed E-state index contributed by atoms with van der Waals surface area (Å²) in [5, 5.41) is 6.58. The van der Waals surface area contributed by atoms with Crippen LogP contribution in [0, 0.1) is 0 Å². The second kappa shape index (κ2) is 6.16. The Hall–Kier alpha value is -3.27. The van der Waals surface area contributed by atoms with Gasteiger partial charge in [-0.25, -0.2) is 0 Å². The zero-order chi connectivity index (χ0) is 18.4. The van der Waals surface area contributed by atoms with Crippen molar-refractivity contribution in [3.63, 3.8) is 0 Å². The van der Waals surface area contributed by atoms with Gasteiger partial charge in [0.05, 0.1) is 13.5 Å². The fraction of sp³-hybridized carbons (Fsp3) is 0.174. The second-order valence-corrected chi connectivity index (χ2v) is 7.06. The molecule has 1 aliphatic rings. The summed E-state index contributed by atoms with van der Waals surface area (Å²) in [7, 11) is 1.65. The fourth-order valence-corrected chi connectivity index (χ4v) is 4.15. The van der Waals surface area contributed by atoms with E-state index in [0.29, 0.717) is 6.42 Å². The van der Waals surface area contributed by atoms with Gasteiger partial charge in [-0.2, -0.15) is 0 Å². The summed E-state index contributed by atoms with van der Waals surface area (Å²) in [6, 6.07) is 16.4. The van der Waals surface area contributed by atoms with Crippen LogP contribution in [0.5, 0.6) is 5.75 Å². The Balaban J connectivity index is 1.44. The molecule has 0 fully saturated rings. The van der Waals surface area contributed by atoms with E-state index < -0.39 is 0 Å². The Morgan fingerprint density at radius 2 is 1.93 bits per heavy atom. The predicted molar refractivity (Wildman–Crippen MR) is 109 cm³/mol. The molecule has 4 aromatic rings. The van der Waals surface area contributed by atoms with Gasteiger partial charge in [0.1, 0.15) is 5.75 Å². The quantitative estimate of drug-likeness (QED) is 0.561. The third-order valence-corrected chi connectivity index (χ3v) is 5.48. The van der Waals surface area contributed by atoms with E-state index in [1.54, 1.807) is 7.11 Å². The lowest BCUT2D eigenvalue weighted by Crippen LogP contribution is -2.14. The number of hydrogen-bond acceptors (Lipinski definition) is 2. The lowest BCUT2D eigenvalue weighted by Gasteiger charge is -2.10. The van der Waals surface area contributed by atoms with E-state index in [0.717, 1.165) is 46.1 Å². The van der Waals surface area contributed by atoms with E-state index in [-0.39, 0.29) is 5.91 Å². The lowest BCUT2D eigenvalue weighted by atomic mass is 10.0. The van der Waals surface area contributed by atoms with Crippen LogP contribution in [0.3, 0.4) is 0 Å². The molecule has 4 heteroatoms. The van der Waals surface area contributed by atoms with Crippen molar-refractivity contribution in [1.29, 1.82) is 0 Å². The van der Waals surface area contributed by atoms with Crippen LogP contribution in [-0.4, -0.2) is 18.0 Å². The number of H-pyrrole nitrogens is 1. The van der Waals surface area contributed by atoms with E-state index in [1.807, 2.05) is 30.5 Å². The highest BCUT2D eigenvalue weighted by Gasteiger charge is 2.17. The number of benzene rings is 3. The number of hydrogen-bond donors (Lipinski definition) is 2. The van der Waals surface area contributed by atoms with E-state index in [4.69, 9.17) is 4.74 Å². The maximum atomic E-state index is 12.8. The molecule has 1 aliphatic carbocycles. The highest BCUT2D eigenvalue weighted by atomic mass is 16.5. The van der Waals surface area contributed by atoms with Crippen molar-refractivity contribution in [2.45, 2.75) is 19.3 Å². The highest BCUT2D eigenvalue weighted by Crippen LogP contribution is 2.35. The Labute approximate surface area is 157 Å². The minimum atomic E-state index is -0.0163. The van der Waals surface area contributed by atoms with E-state index >= 15 is 0 Å². The molecule has 0 aliphatic heterocycles. The van der Waals surface area contributed by atoms with Gasteiger partial charge >= 0.3 is 0 Å². The molecular weight excluding hydrogens is 336 g/mol. The number of aryl methyl sites for hydroxylation is 2. The number of carbonyl (C=O) groups is 1. The van der Waals surface area contributed by atoms with Crippen LogP contribution in [-0.2, 0) is 24.1 Å². The standard InChI is InChI=1S/C23H20N2O2/c1-27-17-8-10-20-19(12-17)16(13-24-20)11-22(26)25-21-9-7-15-6-5-14-3-2-4-18(21)23(14)15/h2-4,7-10,12-13,24H,5-6,11H2,1H3,(H,25,26). The Kier molecular flexibility index (Phi) is 3.64. The minimum absolute atomic E-state index is 0.0163. The molecule has 27 heavy (non-hydrogen) atoms. The van der Waals surface area contributed by atoms with Crippen LogP contribution in [0.4, 0.5) is 5.69 Å². The molecule has 0 unspecified atom stereocenters. The van der Waals surface area contributed by atoms with Crippen molar-refractivity contribution < 1.29 is 9.53 Å². The summed E-state index contributed by atoms with van der Waals surface area (Å²) >= 11 is 0. The predicted octanol–water partition coefficient (Wildman–Crippen LogP) is 4.61. The van der Waals surface area contributed by atoms with Crippen molar-refractivity contribution in [2.24, 2.45) is 0 Å². The first-order valence-corrected chi connectivity index (χ1v) is 9.20. The van der Waals surface area contributed by atoms with Gasteiger partial charge in [0.15, 0.2) is 0 Å². The smallest absolute Gasteiger partial charge is 0.228 e. The van der Waals surface area contributed by atoms with Crippen LogP contribution in [0.15, 0.2) is 54.7 Å². The van der Waals surface area contributed by atoms with E-state index in [2.05, 4.69) is 34.6 Å². The molecule has 1 aromatic heterocycles. The number of fused-ring (bicyclic) bond motifs is 1. The molecule has 0 atom stereocenters. The number of anilines is 1. The molecule has 0 saturated carbocycles. The van der Waals surface area contributed by atoms with Crippen molar-refractivity contribution in [2.75, 3.05) is 12.4 Å². The van der Waals surface area contributed by atoms with Crippen LogP contribution >= 0.6 is 0 Å². The third kappa shape index (κ3) is 2.65. The Morgan fingerprint density at radius 3 is 2.78 bits per heavy atom. The first-order chi connectivity index (χ1) is 13.2. The molecule has 0 bridgehead atoms. The van der Waals surface area contributed by atoms with Crippen LogP contribution < -0.4 is 10.1 Å². The zero-order valence-electron chi connectivity index (χ0n) is 15.1. The first kappa shape index (κ1) is 15.9. The minimum Gasteiger partial charge on any atom is -0.497 e. The molecule has 134 valence electrons. The number of ether oxygens (including phenoxy) is 1. The molecule has 2 N–H and O–H groups in total. The zero-order valence-corrected chi connectivity index (χ0v) is 15.1. The molecule has 0 saturated heterocycles. The monoisotopic (exact) mass is 356 g/mol. The number of aromatic amines is 1. The van der Waals surface area contributed by atoms with E-state index in [1.165, 1.54) is 16.5 Å². The summed E-state index contributed by atoms with van der Waals surface area (Å²) in [6.45, 7) is 0. The summed E-state index contributed by atoms with van der Waals surface area (Å²) in [5.74, 6) is 0.772. The molecule has 1 amide bonds. The summed E-state index contributed by atoms with van der Waals surface area (Å²) in [6.07, 6.45) is 4.38. The summed E-state index contributed by atoms with van der Waals surface area (Å²) < 4.78 is 5.31. The SMILES string of the molecule is COc1ccc2[nH]cc(CC(=O)Nc3ccc4c5c(cccc35)CC4)c2c1. The van der Waals surface area contributed by atoms with Crippen molar-refractivity contribution in [3.05, 3.63) is 71.4 Å². The van der Waals surface area contributed by atoms with Gasteiger partial charge in [-0.05, 0) is 59.2 Å². The topological polar surface area (TPSA) is 54.1 Å². The number of methoxy groups -OCH3 is 1. The molecule has 1 heterocycles. The van der Waals surface area contributed by atoms with Crippen molar-refractivity contribution in [3.8, 4) is 5.75 Å². The maximum Gasteiger partial charge on any atom is 0.228 e. The molecule has 5 rings (SSSR count). The largest absolute Gasteiger partial charge is 0.497 e. The van der Waals surface area contributed by atoms with Gasteiger partial charge in [0.25, 0.3) is 0 Å². The first-order valence-electron chi connectivity index (χ1n) is 9.20. The van der Waals surface area contributed by atoms with Gasteiger partial charge < -0.3 is 15.0 Å². The van der Waals surface area contributed by atoms with Gasteiger partial charge in [0.2, 0.25) is 5.91 Å². The number of carbonyl (C=O) groups excluding carboxylic acids is 1. The highest BCUT2D eigenvalue weighted by molar-refractivity contribution is 6.06. The number of nitrogens with one attached hydrogen (secondary N) is 2. The number of aromatic nitrogens is 1.